The Bertz CT molecular complexity index is 178. The molecule has 0 heterocycles. The van der Waals surface area contributed by atoms with Crippen molar-refractivity contribution in [3.05, 3.63) is 0 Å². The molecule has 0 saturated heterocycles. The van der Waals surface area contributed by atoms with Crippen molar-refractivity contribution in [2.75, 3.05) is 0 Å². The van der Waals surface area contributed by atoms with E-state index in [4.69, 9.17) is 5.73 Å². The summed E-state index contributed by atoms with van der Waals surface area (Å²) in [7, 11) is 0. The van der Waals surface area contributed by atoms with E-state index in [1.165, 1.54) is 19.3 Å². The van der Waals surface area contributed by atoms with E-state index in [0.29, 0.717) is 18.4 Å². The highest BCUT2D eigenvalue weighted by molar-refractivity contribution is 5.81. The van der Waals surface area contributed by atoms with Crippen LogP contribution in [0.25, 0.3) is 0 Å². The highest BCUT2D eigenvalue weighted by atomic mass is 16.2. The summed E-state index contributed by atoms with van der Waals surface area (Å²) in [5.41, 5.74) is 5.61. The third kappa shape index (κ3) is 2.69. The first-order chi connectivity index (χ1) is 6.15. The molecule has 0 bridgehead atoms. The van der Waals surface area contributed by atoms with Crippen LogP contribution in [0.4, 0.5) is 0 Å². The molecule has 3 N–H and O–H groups in total. The van der Waals surface area contributed by atoms with Crippen molar-refractivity contribution >= 4 is 5.91 Å². The van der Waals surface area contributed by atoms with E-state index in [-0.39, 0.29) is 11.9 Å². The second-order valence-corrected chi connectivity index (χ2v) is 4.00. The smallest absolute Gasteiger partial charge is 0.237 e. The van der Waals surface area contributed by atoms with Gasteiger partial charge in [0, 0.05) is 6.04 Å². The van der Waals surface area contributed by atoms with Gasteiger partial charge in [0.05, 0.1) is 6.04 Å². The summed E-state index contributed by atoms with van der Waals surface area (Å²) >= 11 is 0. The van der Waals surface area contributed by atoms with Crippen LogP contribution in [0.3, 0.4) is 0 Å². The zero-order valence-corrected chi connectivity index (χ0v) is 8.55. The first-order valence-corrected chi connectivity index (χ1v) is 5.21. The predicted molar refractivity (Wildman–Crippen MR) is 53.2 cm³/mol. The maximum absolute atomic E-state index is 11.4. The van der Waals surface area contributed by atoms with Crippen LogP contribution in [0.2, 0.25) is 0 Å². The fraction of sp³-hybridized carbons (Fsp3) is 0.900. The third-order valence-electron chi connectivity index (χ3n) is 3.00. The van der Waals surface area contributed by atoms with Gasteiger partial charge in [-0.25, -0.2) is 0 Å². The van der Waals surface area contributed by atoms with Crippen LogP contribution in [0.15, 0.2) is 0 Å². The minimum absolute atomic E-state index is 0.00176. The summed E-state index contributed by atoms with van der Waals surface area (Å²) in [5, 5.41) is 2.97. The molecular weight excluding hydrogens is 164 g/mol. The van der Waals surface area contributed by atoms with Crippen LogP contribution in [-0.2, 0) is 4.79 Å². The monoisotopic (exact) mass is 184 g/mol. The summed E-state index contributed by atoms with van der Waals surface area (Å²) in [5.74, 6) is 0.690. The zero-order valence-electron chi connectivity index (χ0n) is 8.55. The van der Waals surface area contributed by atoms with Crippen LogP contribution < -0.4 is 11.1 Å². The number of carbonyl (C=O) groups is 1. The van der Waals surface area contributed by atoms with E-state index in [1.807, 2.05) is 6.92 Å². The maximum atomic E-state index is 11.4. The van der Waals surface area contributed by atoms with Crippen molar-refractivity contribution in [2.24, 2.45) is 11.7 Å². The molecular formula is C10H20N2O. The Kier molecular flexibility index (Phi) is 3.72. The van der Waals surface area contributed by atoms with Crippen molar-refractivity contribution < 1.29 is 4.79 Å². The summed E-state index contributed by atoms with van der Waals surface area (Å²) in [6, 6.07) is -0.0265. The normalized spacial score (nSPS) is 21.8. The van der Waals surface area contributed by atoms with E-state index in [2.05, 4.69) is 12.2 Å². The van der Waals surface area contributed by atoms with Crippen molar-refractivity contribution in [1.29, 1.82) is 0 Å². The third-order valence-corrected chi connectivity index (χ3v) is 3.00. The van der Waals surface area contributed by atoms with E-state index in [9.17, 15) is 4.79 Å². The van der Waals surface area contributed by atoms with Gasteiger partial charge in [-0.2, -0.15) is 0 Å². The van der Waals surface area contributed by atoms with Gasteiger partial charge in [0.25, 0.3) is 0 Å². The number of hydrogen-bond acceptors (Lipinski definition) is 2. The Morgan fingerprint density at radius 3 is 2.62 bits per heavy atom. The van der Waals surface area contributed by atoms with Gasteiger partial charge < -0.3 is 11.1 Å². The van der Waals surface area contributed by atoms with Crippen molar-refractivity contribution in [1.82, 2.24) is 5.32 Å². The first-order valence-electron chi connectivity index (χ1n) is 5.21. The number of hydrogen-bond donors (Lipinski definition) is 2. The van der Waals surface area contributed by atoms with E-state index < -0.39 is 0 Å². The molecule has 1 aliphatic rings. The molecule has 2 atom stereocenters. The van der Waals surface area contributed by atoms with Gasteiger partial charge in [-0.3, -0.25) is 4.79 Å². The van der Waals surface area contributed by atoms with E-state index >= 15 is 0 Å². The van der Waals surface area contributed by atoms with Crippen molar-refractivity contribution in [3.63, 3.8) is 0 Å². The molecule has 1 saturated carbocycles. The molecule has 3 nitrogen and oxygen atoms in total. The molecule has 76 valence electrons. The van der Waals surface area contributed by atoms with E-state index in [0.717, 1.165) is 0 Å². The highest BCUT2D eigenvalue weighted by Crippen LogP contribution is 2.29. The lowest BCUT2D eigenvalue weighted by molar-refractivity contribution is -0.123. The molecule has 1 fully saturated rings. The van der Waals surface area contributed by atoms with Crippen LogP contribution in [0.5, 0.6) is 0 Å². The summed E-state index contributed by atoms with van der Waals surface area (Å²) in [4.78, 5) is 11.4. The van der Waals surface area contributed by atoms with Gasteiger partial charge in [0.15, 0.2) is 0 Å². The Hall–Kier alpha value is -0.570. The number of nitrogens with one attached hydrogen (secondary N) is 1. The van der Waals surface area contributed by atoms with Gasteiger partial charge >= 0.3 is 0 Å². The van der Waals surface area contributed by atoms with Crippen molar-refractivity contribution in [3.8, 4) is 0 Å². The molecule has 1 amide bonds. The molecule has 0 radical (unpaired) electrons. The molecule has 1 rings (SSSR count). The Balaban J connectivity index is 2.26. The Morgan fingerprint density at radius 1 is 1.62 bits per heavy atom. The van der Waals surface area contributed by atoms with Gasteiger partial charge in [-0.15, -0.1) is 0 Å². The molecule has 0 aromatic heterocycles. The maximum Gasteiger partial charge on any atom is 0.237 e. The lowest BCUT2D eigenvalue weighted by atomic mass is 9.80. The van der Waals surface area contributed by atoms with Gasteiger partial charge in [-0.1, -0.05) is 13.3 Å². The molecule has 3 heteroatoms. The largest absolute Gasteiger partial charge is 0.352 e. The van der Waals surface area contributed by atoms with Crippen LogP contribution in [0.1, 0.15) is 39.5 Å². The minimum Gasteiger partial charge on any atom is -0.352 e. The standard InChI is InChI=1S/C10H20N2O/c1-3-9(11)10(13)12-7(2)8-5-4-6-8/h7-9H,3-6,11H2,1-2H3,(H,12,13)/t7?,9-/m0/s1. The first kappa shape index (κ1) is 10.5. The number of rotatable bonds is 4. The zero-order chi connectivity index (χ0) is 9.84. The molecule has 1 aliphatic carbocycles. The second kappa shape index (κ2) is 4.61. The fourth-order valence-electron chi connectivity index (χ4n) is 1.57. The summed E-state index contributed by atoms with van der Waals surface area (Å²) in [6.45, 7) is 4.00. The van der Waals surface area contributed by atoms with Gasteiger partial charge in [0.2, 0.25) is 5.91 Å². The van der Waals surface area contributed by atoms with Crippen molar-refractivity contribution in [2.45, 2.75) is 51.6 Å². The molecule has 0 aliphatic heterocycles. The molecule has 0 aromatic carbocycles. The summed E-state index contributed by atoms with van der Waals surface area (Å²) in [6.07, 6.45) is 4.53. The molecule has 0 aromatic rings. The predicted octanol–water partition coefficient (Wildman–Crippen LogP) is 1.03. The second-order valence-electron chi connectivity index (χ2n) is 4.00. The average molecular weight is 184 g/mol. The quantitative estimate of drug-likeness (QED) is 0.685. The van der Waals surface area contributed by atoms with Crippen LogP contribution >= 0.6 is 0 Å². The lowest BCUT2D eigenvalue weighted by Crippen LogP contribution is -2.47. The number of amides is 1. The van der Waals surface area contributed by atoms with Gasteiger partial charge in [0.1, 0.15) is 0 Å². The van der Waals surface area contributed by atoms with E-state index in [1.54, 1.807) is 0 Å². The van der Waals surface area contributed by atoms with Gasteiger partial charge in [-0.05, 0) is 32.1 Å². The Morgan fingerprint density at radius 2 is 2.23 bits per heavy atom. The SMILES string of the molecule is CC[C@H](N)C(=O)NC(C)C1CCC1. The molecule has 13 heavy (non-hydrogen) atoms. The number of carbonyl (C=O) groups excluding carboxylic acids is 1. The minimum atomic E-state index is -0.331. The highest BCUT2D eigenvalue weighted by Gasteiger charge is 2.25. The fourth-order valence-corrected chi connectivity index (χ4v) is 1.57. The Labute approximate surface area is 80.1 Å². The molecule has 0 spiro atoms. The average Bonchev–Trinajstić information content (AvgIpc) is 1.99. The molecule has 1 unspecified atom stereocenters. The van der Waals surface area contributed by atoms with Crippen LogP contribution in [-0.4, -0.2) is 18.0 Å². The topological polar surface area (TPSA) is 55.1 Å². The number of nitrogens with two attached hydrogens (primary N) is 1. The lowest BCUT2D eigenvalue weighted by Gasteiger charge is -2.32. The van der Waals surface area contributed by atoms with Crippen LogP contribution in [0, 0.1) is 5.92 Å². The summed E-state index contributed by atoms with van der Waals surface area (Å²) < 4.78 is 0.